The molecule has 0 bridgehead atoms. The van der Waals surface area contributed by atoms with Gasteiger partial charge in [-0.1, -0.05) is 11.6 Å². The topological polar surface area (TPSA) is 81.1 Å². The Morgan fingerprint density at radius 2 is 1.57 bits per heavy atom. The van der Waals surface area contributed by atoms with Crippen molar-refractivity contribution in [2.45, 2.75) is 6.18 Å². The van der Waals surface area contributed by atoms with Crippen molar-refractivity contribution in [3.05, 3.63) is 47.0 Å². The number of amides is 2. The molecule has 1 aliphatic rings. The molecule has 160 valence electrons. The van der Waals surface area contributed by atoms with Gasteiger partial charge in [0, 0.05) is 17.4 Å². The Balaban J connectivity index is 1.51. The fourth-order valence-electron chi connectivity index (χ4n) is 2.82. The summed E-state index contributed by atoms with van der Waals surface area (Å²) < 4.78 is 49.2. The van der Waals surface area contributed by atoms with Crippen LogP contribution in [0.1, 0.15) is 5.56 Å². The molecule has 2 amide bonds. The van der Waals surface area contributed by atoms with Crippen molar-refractivity contribution in [2.75, 3.05) is 37.6 Å². The summed E-state index contributed by atoms with van der Waals surface area (Å²) in [5.74, 6) is 0.223. The van der Waals surface area contributed by atoms with Crippen molar-refractivity contribution in [1.29, 1.82) is 0 Å². The van der Waals surface area contributed by atoms with E-state index in [0.29, 0.717) is 22.1 Å². The van der Waals surface area contributed by atoms with E-state index in [9.17, 15) is 22.8 Å². The van der Waals surface area contributed by atoms with Crippen LogP contribution in [0.25, 0.3) is 0 Å². The van der Waals surface area contributed by atoms with Gasteiger partial charge in [-0.3, -0.25) is 9.59 Å². The number of benzene rings is 2. The van der Waals surface area contributed by atoms with Crippen molar-refractivity contribution in [3.63, 3.8) is 0 Å². The first-order valence-electron chi connectivity index (χ1n) is 8.79. The van der Waals surface area contributed by atoms with Crippen molar-refractivity contribution in [3.8, 4) is 11.5 Å². The van der Waals surface area contributed by atoms with E-state index in [4.69, 9.17) is 21.1 Å². The van der Waals surface area contributed by atoms with Crippen molar-refractivity contribution < 1.29 is 37.1 Å². The van der Waals surface area contributed by atoms with Crippen LogP contribution in [0.15, 0.2) is 36.4 Å². The van der Waals surface area contributed by atoms with Gasteiger partial charge in [0.15, 0.2) is 24.6 Å². The molecule has 0 aliphatic carbocycles. The molecule has 3 rings (SSSR count). The lowest BCUT2D eigenvalue weighted by Crippen LogP contribution is -3.11. The summed E-state index contributed by atoms with van der Waals surface area (Å²) in [6.07, 6.45) is -4.63. The smallest absolute Gasteiger partial charge is 0.417 e. The number of rotatable bonds is 6. The van der Waals surface area contributed by atoms with E-state index in [2.05, 4.69) is 10.6 Å². The molecule has 2 aromatic rings. The SMILES string of the molecule is C[NH+](CC(=O)Nc1ccc2c(c1)OCO2)CC(=O)Nc1ccc(Cl)c(C(F)(F)F)c1. The van der Waals surface area contributed by atoms with Crippen LogP contribution in [0.3, 0.4) is 0 Å². The number of hydrogen-bond donors (Lipinski definition) is 3. The highest BCUT2D eigenvalue weighted by Gasteiger charge is 2.33. The minimum Gasteiger partial charge on any atom is -0.454 e. The van der Waals surface area contributed by atoms with Gasteiger partial charge in [-0.15, -0.1) is 0 Å². The number of carbonyl (C=O) groups is 2. The third-order valence-corrected chi connectivity index (χ3v) is 4.47. The molecule has 1 atom stereocenters. The van der Waals surface area contributed by atoms with Gasteiger partial charge in [0.2, 0.25) is 6.79 Å². The van der Waals surface area contributed by atoms with E-state index in [0.717, 1.165) is 12.1 Å². The number of fused-ring (bicyclic) bond motifs is 1. The van der Waals surface area contributed by atoms with Crippen LogP contribution in [0.5, 0.6) is 11.5 Å². The lowest BCUT2D eigenvalue weighted by atomic mass is 10.2. The van der Waals surface area contributed by atoms with Crippen LogP contribution in [0.2, 0.25) is 5.02 Å². The Labute approximate surface area is 174 Å². The third kappa shape index (κ3) is 5.55. The molecule has 0 fully saturated rings. The van der Waals surface area contributed by atoms with Gasteiger partial charge >= 0.3 is 6.18 Å². The number of nitrogens with one attached hydrogen (secondary N) is 3. The first-order chi connectivity index (χ1) is 14.1. The molecular formula is C19H18ClF3N3O4+. The van der Waals surface area contributed by atoms with E-state index in [1.165, 1.54) is 6.07 Å². The number of anilines is 2. The highest BCUT2D eigenvalue weighted by molar-refractivity contribution is 6.31. The first-order valence-corrected chi connectivity index (χ1v) is 9.17. The Hall–Kier alpha value is -2.98. The highest BCUT2D eigenvalue weighted by atomic mass is 35.5. The van der Waals surface area contributed by atoms with E-state index < -0.39 is 22.7 Å². The van der Waals surface area contributed by atoms with E-state index in [-0.39, 0.29) is 31.5 Å². The maximum Gasteiger partial charge on any atom is 0.417 e. The Morgan fingerprint density at radius 1 is 1.00 bits per heavy atom. The molecule has 1 heterocycles. The average molecular weight is 445 g/mol. The standard InChI is InChI=1S/C19H17ClF3N3O4/c1-26(9-18(28)25-12-3-5-15-16(7-12)30-10-29-15)8-17(27)24-11-2-4-14(20)13(6-11)19(21,22)23/h2-7H,8-10H2,1H3,(H,24,27)(H,25,28)/p+1. The van der Waals surface area contributed by atoms with Crippen LogP contribution < -0.4 is 25.0 Å². The summed E-state index contributed by atoms with van der Waals surface area (Å²) in [7, 11) is 1.61. The number of ether oxygens (including phenoxy) is 2. The fraction of sp³-hybridized carbons (Fsp3) is 0.263. The van der Waals surface area contributed by atoms with Crippen molar-refractivity contribution in [1.82, 2.24) is 0 Å². The third-order valence-electron chi connectivity index (χ3n) is 4.14. The zero-order valence-electron chi connectivity index (χ0n) is 15.7. The number of likely N-dealkylation sites (N-methyl/N-ethyl adjacent to an activating group) is 1. The molecule has 0 saturated carbocycles. The summed E-state index contributed by atoms with van der Waals surface area (Å²) in [6.45, 7) is -0.0400. The van der Waals surface area contributed by atoms with Gasteiger partial charge in [-0.05, 0) is 30.3 Å². The summed E-state index contributed by atoms with van der Waals surface area (Å²) in [6, 6.07) is 8.06. The molecule has 2 aromatic carbocycles. The summed E-state index contributed by atoms with van der Waals surface area (Å²) in [5, 5.41) is 4.62. The minimum absolute atomic E-state index is 0.0315. The Kier molecular flexibility index (Phi) is 6.37. The predicted molar refractivity (Wildman–Crippen MR) is 103 cm³/mol. The predicted octanol–water partition coefficient (Wildman–Crippen LogP) is 2.18. The number of halogens is 4. The number of hydrogen-bond acceptors (Lipinski definition) is 4. The van der Waals surface area contributed by atoms with Crippen LogP contribution in [0.4, 0.5) is 24.5 Å². The van der Waals surface area contributed by atoms with Crippen LogP contribution >= 0.6 is 11.6 Å². The zero-order chi connectivity index (χ0) is 21.9. The number of alkyl halides is 3. The number of quaternary nitrogens is 1. The summed E-state index contributed by atoms with van der Waals surface area (Å²) >= 11 is 5.56. The molecule has 1 unspecified atom stereocenters. The summed E-state index contributed by atoms with van der Waals surface area (Å²) in [5.41, 5.74) is -0.553. The molecule has 3 N–H and O–H groups in total. The Morgan fingerprint density at radius 3 is 2.20 bits per heavy atom. The average Bonchev–Trinajstić information content (AvgIpc) is 3.09. The van der Waals surface area contributed by atoms with Crippen molar-refractivity contribution in [2.24, 2.45) is 0 Å². The number of carbonyl (C=O) groups excluding carboxylic acids is 2. The van der Waals surface area contributed by atoms with Gasteiger partial charge in [-0.25, -0.2) is 0 Å². The highest BCUT2D eigenvalue weighted by Crippen LogP contribution is 2.36. The van der Waals surface area contributed by atoms with Crippen molar-refractivity contribution >= 4 is 34.8 Å². The molecule has 0 spiro atoms. The van der Waals surface area contributed by atoms with E-state index in [1.54, 1.807) is 25.2 Å². The largest absolute Gasteiger partial charge is 0.454 e. The molecule has 0 radical (unpaired) electrons. The monoisotopic (exact) mass is 444 g/mol. The normalized spacial score (nSPS) is 13.6. The second-order valence-corrected chi connectivity index (χ2v) is 7.07. The maximum absolute atomic E-state index is 12.9. The van der Waals surface area contributed by atoms with Gasteiger partial charge in [-0.2, -0.15) is 13.2 Å². The van der Waals surface area contributed by atoms with Gasteiger partial charge in [0.1, 0.15) is 0 Å². The van der Waals surface area contributed by atoms with Crippen LogP contribution in [-0.4, -0.2) is 38.7 Å². The quantitative estimate of drug-likeness (QED) is 0.638. The lowest BCUT2D eigenvalue weighted by molar-refractivity contribution is -0.862. The second-order valence-electron chi connectivity index (χ2n) is 6.67. The molecule has 11 heteroatoms. The van der Waals surface area contributed by atoms with Gasteiger partial charge in [0.05, 0.1) is 17.6 Å². The molecule has 7 nitrogen and oxygen atoms in total. The second kappa shape index (κ2) is 8.80. The molecular weight excluding hydrogens is 427 g/mol. The lowest BCUT2D eigenvalue weighted by Gasteiger charge is -2.15. The van der Waals surface area contributed by atoms with Crippen LogP contribution in [-0.2, 0) is 15.8 Å². The van der Waals surface area contributed by atoms with Gasteiger partial charge < -0.3 is 25.0 Å². The van der Waals surface area contributed by atoms with Gasteiger partial charge in [0.25, 0.3) is 11.8 Å². The summed E-state index contributed by atoms with van der Waals surface area (Å²) in [4.78, 5) is 24.8. The van der Waals surface area contributed by atoms with E-state index >= 15 is 0 Å². The molecule has 0 aromatic heterocycles. The maximum atomic E-state index is 12.9. The van der Waals surface area contributed by atoms with E-state index in [1.807, 2.05) is 0 Å². The zero-order valence-corrected chi connectivity index (χ0v) is 16.5. The van der Waals surface area contributed by atoms with Crippen LogP contribution in [0, 0.1) is 0 Å². The molecule has 0 saturated heterocycles. The first kappa shape index (κ1) is 21.7. The Bertz CT molecular complexity index is 969. The molecule has 30 heavy (non-hydrogen) atoms. The molecule has 1 aliphatic heterocycles. The fourth-order valence-corrected chi connectivity index (χ4v) is 3.04. The minimum atomic E-state index is -4.63.